The standard InChI is InChI=1S/C19H21N7O/c1-14-3-2-4-16(23-14)24-19(27)15-5-8-25(9-6-15)17-11-18(22-12-21-17)26-10-7-20-13-26/h2-4,7,10-13,15H,5-6,8-9H2,1H3,(H,23,24,27). The van der Waals surface area contributed by atoms with Crippen molar-refractivity contribution >= 4 is 17.5 Å². The van der Waals surface area contributed by atoms with E-state index in [9.17, 15) is 4.79 Å². The summed E-state index contributed by atoms with van der Waals surface area (Å²) in [5, 5.41) is 2.93. The number of hydrogen-bond acceptors (Lipinski definition) is 6. The van der Waals surface area contributed by atoms with Crippen molar-refractivity contribution in [2.75, 3.05) is 23.3 Å². The molecule has 27 heavy (non-hydrogen) atoms. The normalized spacial score (nSPS) is 14.9. The molecule has 0 saturated carbocycles. The zero-order valence-electron chi connectivity index (χ0n) is 15.1. The maximum Gasteiger partial charge on any atom is 0.228 e. The first-order valence-corrected chi connectivity index (χ1v) is 8.99. The molecule has 0 spiro atoms. The molecule has 1 saturated heterocycles. The van der Waals surface area contributed by atoms with E-state index in [1.165, 1.54) is 0 Å². The molecular weight excluding hydrogens is 342 g/mol. The van der Waals surface area contributed by atoms with Crippen LogP contribution in [0.1, 0.15) is 18.5 Å². The van der Waals surface area contributed by atoms with Crippen molar-refractivity contribution in [1.29, 1.82) is 0 Å². The minimum atomic E-state index is -0.0153. The summed E-state index contributed by atoms with van der Waals surface area (Å²) in [5.41, 5.74) is 0.889. The lowest BCUT2D eigenvalue weighted by Gasteiger charge is -2.32. The van der Waals surface area contributed by atoms with E-state index in [2.05, 4.69) is 30.2 Å². The Bertz CT molecular complexity index is 917. The first-order chi connectivity index (χ1) is 13.2. The molecule has 0 aromatic carbocycles. The second-order valence-electron chi connectivity index (χ2n) is 6.62. The Morgan fingerprint density at radius 2 is 2.00 bits per heavy atom. The summed E-state index contributed by atoms with van der Waals surface area (Å²) in [7, 11) is 0. The second kappa shape index (κ2) is 7.53. The largest absolute Gasteiger partial charge is 0.356 e. The lowest BCUT2D eigenvalue weighted by atomic mass is 9.96. The van der Waals surface area contributed by atoms with Gasteiger partial charge in [-0.15, -0.1) is 0 Å². The van der Waals surface area contributed by atoms with Crippen molar-refractivity contribution < 1.29 is 4.79 Å². The fourth-order valence-corrected chi connectivity index (χ4v) is 3.26. The van der Waals surface area contributed by atoms with Crippen molar-refractivity contribution in [3.8, 4) is 5.82 Å². The van der Waals surface area contributed by atoms with E-state index in [1.54, 1.807) is 18.9 Å². The summed E-state index contributed by atoms with van der Waals surface area (Å²) in [6.45, 7) is 3.47. The van der Waals surface area contributed by atoms with Crippen molar-refractivity contribution in [3.05, 3.63) is 55.0 Å². The highest BCUT2D eigenvalue weighted by atomic mass is 16.1. The molecule has 1 aliphatic heterocycles. The third-order valence-electron chi connectivity index (χ3n) is 4.74. The maximum absolute atomic E-state index is 12.5. The van der Waals surface area contributed by atoms with Crippen LogP contribution in [-0.4, -0.2) is 43.5 Å². The maximum atomic E-state index is 12.5. The van der Waals surface area contributed by atoms with Gasteiger partial charge in [-0.05, 0) is 31.9 Å². The molecule has 3 aromatic heterocycles. The van der Waals surface area contributed by atoms with E-state index >= 15 is 0 Å². The number of anilines is 2. The van der Waals surface area contributed by atoms with Crippen LogP contribution in [0.5, 0.6) is 0 Å². The molecule has 0 unspecified atom stereocenters. The summed E-state index contributed by atoms with van der Waals surface area (Å²) < 4.78 is 1.85. The van der Waals surface area contributed by atoms with Crippen LogP contribution < -0.4 is 10.2 Å². The Morgan fingerprint density at radius 3 is 2.74 bits per heavy atom. The van der Waals surface area contributed by atoms with Gasteiger partial charge in [-0.25, -0.2) is 19.9 Å². The summed E-state index contributed by atoms with van der Waals surface area (Å²) in [6.07, 6.45) is 8.40. The van der Waals surface area contributed by atoms with Gasteiger partial charge in [0.15, 0.2) is 0 Å². The van der Waals surface area contributed by atoms with Crippen LogP contribution >= 0.6 is 0 Å². The van der Waals surface area contributed by atoms with Crippen LogP contribution in [0.4, 0.5) is 11.6 Å². The fourth-order valence-electron chi connectivity index (χ4n) is 3.26. The zero-order chi connectivity index (χ0) is 18.6. The molecule has 138 valence electrons. The van der Waals surface area contributed by atoms with Crippen molar-refractivity contribution in [2.24, 2.45) is 5.92 Å². The monoisotopic (exact) mass is 363 g/mol. The number of nitrogens with one attached hydrogen (secondary N) is 1. The summed E-state index contributed by atoms with van der Waals surface area (Å²) in [5.74, 6) is 2.28. The number of imidazole rings is 1. The van der Waals surface area contributed by atoms with Gasteiger partial charge >= 0.3 is 0 Å². The molecule has 4 rings (SSSR count). The number of piperidine rings is 1. The molecule has 0 atom stereocenters. The van der Waals surface area contributed by atoms with Crippen LogP contribution in [0.2, 0.25) is 0 Å². The molecule has 4 heterocycles. The van der Waals surface area contributed by atoms with Gasteiger partial charge in [0, 0.05) is 43.2 Å². The number of amides is 1. The average molecular weight is 363 g/mol. The number of carbonyl (C=O) groups is 1. The minimum absolute atomic E-state index is 0.0153. The van der Waals surface area contributed by atoms with Gasteiger partial charge in [0.05, 0.1) is 0 Å². The van der Waals surface area contributed by atoms with Gasteiger partial charge in [-0.2, -0.15) is 0 Å². The number of aryl methyl sites for hydroxylation is 1. The second-order valence-corrected chi connectivity index (χ2v) is 6.62. The van der Waals surface area contributed by atoms with Gasteiger partial charge in [0.1, 0.15) is 30.1 Å². The molecule has 1 aliphatic rings. The van der Waals surface area contributed by atoms with Crippen LogP contribution in [0, 0.1) is 12.8 Å². The van der Waals surface area contributed by atoms with Gasteiger partial charge in [0.25, 0.3) is 0 Å². The molecule has 0 aliphatic carbocycles. The molecule has 8 heteroatoms. The molecule has 1 N–H and O–H groups in total. The summed E-state index contributed by atoms with van der Waals surface area (Å²) in [4.78, 5) is 31.8. The summed E-state index contributed by atoms with van der Waals surface area (Å²) >= 11 is 0. The number of aromatic nitrogens is 5. The molecule has 8 nitrogen and oxygen atoms in total. The predicted molar refractivity (Wildman–Crippen MR) is 102 cm³/mol. The molecular formula is C19H21N7O. The Labute approximate surface area is 157 Å². The van der Waals surface area contributed by atoms with Gasteiger partial charge in [-0.3, -0.25) is 9.36 Å². The van der Waals surface area contributed by atoms with Crippen LogP contribution in [0.3, 0.4) is 0 Å². The van der Waals surface area contributed by atoms with Crippen molar-refractivity contribution in [2.45, 2.75) is 19.8 Å². The molecule has 0 bridgehead atoms. The quantitative estimate of drug-likeness (QED) is 0.765. The number of carbonyl (C=O) groups excluding carboxylic acids is 1. The third kappa shape index (κ3) is 3.94. The SMILES string of the molecule is Cc1cccc(NC(=O)C2CCN(c3cc(-n4ccnc4)ncn3)CC2)n1. The van der Waals surface area contributed by atoms with Crippen LogP contribution in [0.25, 0.3) is 5.82 Å². The Morgan fingerprint density at radius 1 is 1.19 bits per heavy atom. The van der Waals surface area contributed by atoms with E-state index in [-0.39, 0.29) is 11.8 Å². The van der Waals surface area contributed by atoms with Crippen LogP contribution in [0.15, 0.2) is 49.3 Å². The lowest BCUT2D eigenvalue weighted by Crippen LogP contribution is -2.38. The number of rotatable bonds is 4. The van der Waals surface area contributed by atoms with Crippen molar-refractivity contribution in [1.82, 2.24) is 24.5 Å². The van der Waals surface area contributed by atoms with E-state index < -0.39 is 0 Å². The van der Waals surface area contributed by atoms with Crippen LogP contribution in [-0.2, 0) is 4.79 Å². The highest BCUT2D eigenvalue weighted by molar-refractivity contribution is 5.91. The molecule has 3 aromatic rings. The predicted octanol–water partition coefficient (Wildman–Crippen LogP) is 2.22. The molecule has 0 radical (unpaired) electrons. The van der Waals surface area contributed by atoms with E-state index in [1.807, 2.05) is 42.0 Å². The summed E-state index contributed by atoms with van der Waals surface area (Å²) in [6, 6.07) is 7.57. The van der Waals surface area contributed by atoms with Crippen molar-refractivity contribution in [3.63, 3.8) is 0 Å². The number of hydrogen-bond donors (Lipinski definition) is 1. The van der Waals surface area contributed by atoms with E-state index in [4.69, 9.17) is 0 Å². The highest BCUT2D eigenvalue weighted by Gasteiger charge is 2.26. The highest BCUT2D eigenvalue weighted by Crippen LogP contribution is 2.23. The Hall–Kier alpha value is -3.29. The molecule has 1 amide bonds. The first-order valence-electron chi connectivity index (χ1n) is 8.99. The van der Waals surface area contributed by atoms with Gasteiger partial charge < -0.3 is 10.2 Å². The number of pyridine rings is 1. The zero-order valence-corrected chi connectivity index (χ0v) is 15.1. The third-order valence-corrected chi connectivity index (χ3v) is 4.74. The smallest absolute Gasteiger partial charge is 0.228 e. The number of nitrogens with zero attached hydrogens (tertiary/aromatic N) is 6. The van der Waals surface area contributed by atoms with Gasteiger partial charge in [-0.1, -0.05) is 6.07 Å². The lowest BCUT2D eigenvalue weighted by molar-refractivity contribution is -0.120. The Balaban J connectivity index is 1.37. The topological polar surface area (TPSA) is 88.8 Å². The first kappa shape index (κ1) is 17.1. The fraction of sp³-hybridized carbons (Fsp3) is 0.316. The average Bonchev–Trinajstić information content (AvgIpc) is 3.23. The minimum Gasteiger partial charge on any atom is -0.356 e. The molecule has 1 fully saturated rings. The van der Waals surface area contributed by atoms with E-state index in [0.717, 1.165) is 43.3 Å². The van der Waals surface area contributed by atoms with E-state index in [0.29, 0.717) is 5.82 Å². The Kier molecular flexibility index (Phi) is 4.78. The van der Waals surface area contributed by atoms with Gasteiger partial charge in [0.2, 0.25) is 5.91 Å².